The number of rotatable bonds is 5. The molecule has 0 bridgehead atoms. The van der Waals surface area contributed by atoms with E-state index in [9.17, 15) is 14.4 Å². The van der Waals surface area contributed by atoms with Gasteiger partial charge < -0.3 is 14.5 Å². The molecule has 3 amide bonds. The molecule has 1 atom stereocenters. The van der Waals surface area contributed by atoms with E-state index >= 15 is 0 Å². The van der Waals surface area contributed by atoms with E-state index in [1.807, 2.05) is 42.2 Å². The highest BCUT2D eigenvalue weighted by molar-refractivity contribution is 5.84. The Labute approximate surface area is 153 Å². The van der Waals surface area contributed by atoms with Gasteiger partial charge in [-0.3, -0.25) is 14.5 Å². The first-order valence-corrected chi connectivity index (χ1v) is 9.11. The largest absolute Gasteiger partial charge is 0.448 e. The fourth-order valence-electron chi connectivity index (χ4n) is 3.43. The quantitative estimate of drug-likeness (QED) is 0.798. The molecule has 2 aliphatic heterocycles. The minimum Gasteiger partial charge on any atom is -0.448 e. The summed E-state index contributed by atoms with van der Waals surface area (Å²) in [4.78, 5) is 41.9. The van der Waals surface area contributed by atoms with Gasteiger partial charge in [0.05, 0.1) is 6.54 Å². The molecule has 1 aromatic carbocycles. The van der Waals surface area contributed by atoms with Crippen LogP contribution in [-0.2, 0) is 20.9 Å². The summed E-state index contributed by atoms with van der Waals surface area (Å²) >= 11 is 0. The Balaban J connectivity index is 1.67. The third-order valence-electron chi connectivity index (χ3n) is 4.98. The molecule has 0 aromatic heterocycles. The average molecular weight is 359 g/mol. The van der Waals surface area contributed by atoms with Gasteiger partial charge in [-0.1, -0.05) is 37.3 Å². The number of carbonyl (C=O) groups is 3. The number of amides is 3. The molecule has 7 nitrogen and oxygen atoms in total. The lowest BCUT2D eigenvalue weighted by Crippen LogP contribution is -2.46. The van der Waals surface area contributed by atoms with Crippen molar-refractivity contribution in [1.82, 2.24) is 14.7 Å². The van der Waals surface area contributed by atoms with Crippen molar-refractivity contribution in [3.05, 3.63) is 35.9 Å². The van der Waals surface area contributed by atoms with Gasteiger partial charge in [-0.05, 0) is 12.0 Å². The lowest BCUT2D eigenvalue weighted by molar-refractivity contribution is -0.133. The van der Waals surface area contributed by atoms with E-state index in [2.05, 4.69) is 0 Å². The zero-order chi connectivity index (χ0) is 18.5. The van der Waals surface area contributed by atoms with Crippen molar-refractivity contribution >= 4 is 17.9 Å². The molecule has 0 aliphatic carbocycles. The summed E-state index contributed by atoms with van der Waals surface area (Å²) in [7, 11) is 0. The standard InChI is InChI=1S/C19H25N3O4/c1-2-16-13-20(18(24)14-21-10-11-26-19(21)25)9-8-17(23)22(16)12-15-6-4-3-5-7-15/h3-7,16H,2,8-14H2,1H3. The molecule has 2 aliphatic rings. The summed E-state index contributed by atoms with van der Waals surface area (Å²) in [6.45, 7) is 4.25. The summed E-state index contributed by atoms with van der Waals surface area (Å²) in [5.74, 6) is -0.0618. The van der Waals surface area contributed by atoms with Crippen molar-refractivity contribution in [2.24, 2.45) is 0 Å². The fourth-order valence-corrected chi connectivity index (χ4v) is 3.43. The second kappa shape index (κ2) is 8.21. The predicted molar refractivity (Wildman–Crippen MR) is 95.2 cm³/mol. The number of cyclic esters (lactones) is 1. The van der Waals surface area contributed by atoms with Crippen molar-refractivity contribution in [1.29, 1.82) is 0 Å². The Morgan fingerprint density at radius 2 is 1.96 bits per heavy atom. The van der Waals surface area contributed by atoms with Crippen LogP contribution in [0.25, 0.3) is 0 Å². The Morgan fingerprint density at radius 1 is 1.19 bits per heavy atom. The monoisotopic (exact) mass is 359 g/mol. The van der Waals surface area contributed by atoms with Crippen molar-refractivity contribution < 1.29 is 19.1 Å². The Kier molecular flexibility index (Phi) is 5.75. The summed E-state index contributed by atoms with van der Waals surface area (Å²) in [5, 5.41) is 0. The molecule has 3 rings (SSSR count). The normalized spacial score (nSPS) is 21.0. The first kappa shape index (κ1) is 18.2. The van der Waals surface area contributed by atoms with Crippen molar-refractivity contribution in [3.8, 4) is 0 Å². The van der Waals surface area contributed by atoms with Crippen LogP contribution in [0.1, 0.15) is 25.3 Å². The molecule has 0 radical (unpaired) electrons. The number of benzene rings is 1. The molecule has 2 fully saturated rings. The lowest BCUT2D eigenvalue weighted by atomic mass is 10.1. The van der Waals surface area contributed by atoms with Crippen molar-refractivity contribution in [2.75, 3.05) is 32.8 Å². The highest BCUT2D eigenvalue weighted by Gasteiger charge is 2.32. The van der Waals surface area contributed by atoms with E-state index in [-0.39, 0.29) is 24.4 Å². The van der Waals surface area contributed by atoms with Gasteiger partial charge in [0.15, 0.2) is 0 Å². The Hall–Kier alpha value is -2.57. The van der Waals surface area contributed by atoms with Gasteiger partial charge in [-0.25, -0.2) is 4.79 Å². The van der Waals surface area contributed by atoms with Crippen LogP contribution in [0.4, 0.5) is 4.79 Å². The van der Waals surface area contributed by atoms with E-state index < -0.39 is 6.09 Å². The number of hydrogen-bond donors (Lipinski definition) is 0. The second-order valence-electron chi connectivity index (χ2n) is 6.69. The molecule has 0 saturated carbocycles. The molecule has 0 spiro atoms. The average Bonchev–Trinajstić information content (AvgIpc) is 2.97. The van der Waals surface area contributed by atoms with Gasteiger partial charge in [-0.2, -0.15) is 0 Å². The maximum atomic E-state index is 12.7. The topological polar surface area (TPSA) is 70.2 Å². The molecule has 1 unspecified atom stereocenters. The minimum absolute atomic E-state index is 0.0160. The van der Waals surface area contributed by atoms with Crippen LogP contribution in [0, 0.1) is 0 Å². The first-order chi connectivity index (χ1) is 12.6. The van der Waals surface area contributed by atoms with Crippen molar-refractivity contribution in [2.45, 2.75) is 32.4 Å². The van der Waals surface area contributed by atoms with E-state index in [0.29, 0.717) is 39.2 Å². The zero-order valence-corrected chi connectivity index (χ0v) is 15.1. The molecular weight excluding hydrogens is 334 g/mol. The molecule has 26 heavy (non-hydrogen) atoms. The van der Waals surface area contributed by atoms with E-state index in [4.69, 9.17) is 4.74 Å². The van der Waals surface area contributed by atoms with Crippen LogP contribution in [0.3, 0.4) is 0 Å². The van der Waals surface area contributed by atoms with Crippen LogP contribution in [0.15, 0.2) is 30.3 Å². The van der Waals surface area contributed by atoms with Crippen LogP contribution in [-0.4, -0.2) is 71.4 Å². The Morgan fingerprint density at radius 3 is 2.62 bits per heavy atom. The number of ether oxygens (including phenoxy) is 1. The predicted octanol–water partition coefficient (Wildman–Crippen LogP) is 1.48. The highest BCUT2D eigenvalue weighted by Crippen LogP contribution is 2.18. The number of carbonyl (C=O) groups excluding carboxylic acids is 3. The van der Waals surface area contributed by atoms with Crippen LogP contribution >= 0.6 is 0 Å². The zero-order valence-electron chi connectivity index (χ0n) is 15.1. The number of hydrogen-bond acceptors (Lipinski definition) is 4. The molecule has 1 aromatic rings. The molecule has 0 N–H and O–H groups in total. The molecule has 140 valence electrons. The van der Waals surface area contributed by atoms with E-state index in [1.54, 1.807) is 4.90 Å². The Bertz CT molecular complexity index is 664. The third-order valence-corrected chi connectivity index (χ3v) is 4.98. The van der Waals surface area contributed by atoms with Crippen LogP contribution in [0.5, 0.6) is 0 Å². The molecule has 7 heteroatoms. The smallest absolute Gasteiger partial charge is 0.410 e. The second-order valence-corrected chi connectivity index (χ2v) is 6.69. The fraction of sp³-hybridized carbons (Fsp3) is 0.526. The first-order valence-electron chi connectivity index (χ1n) is 9.11. The van der Waals surface area contributed by atoms with Gasteiger partial charge in [0.1, 0.15) is 13.2 Å². The molecular formula is C19H25N3O4. The lowest BCUT2D eigenvalue weighted by Gasteiger charge is -2.31. The summed E-state index contributed by atoms with van der Waals surface area (Å²) in [5.41, 5.74) is 1.08. The summed E-state index contributed by atoms with van der Waals surface area (Å²) < 4.78 is 4.88. The molecule has 2 heterocycles. The maximum absolute atomic E-state index is 12.7. The SMILES string of the molecule is CCC1CN(C(=O)CN2CCOC2=O)CCC(=O)N1Cc1ccccc1. The third kappa shape index (κ3) is 4.15. The van der Waals surface area contributed by atoms with Crippen LogP contribution in [0.2, 0.25) is 0 Å². The summed E-state index contributed by atoms with van der Waals surface area (Å²) in [6, 6.07) is 9.86. The van der Waals surface area contributed by atoms with Gasteiger partial charge >= 0.3 is 6.09 Å². The summed E-state index contributed by atoms with van der Waals surface area (Å²) in [6.07, 6.45) is 0.634. The highest BCUT2D eigenvalue weighted by atomic mass is 16.6. The van der Waals surface area contributed by atoms with E-state index in [0.717, 1.165) is 12.0 Å². The van der Waals surface area contributed by atoms with Gasteiger partial charge in [0.25, 0.3) is 0 Å². The minimum atomic E-state index is -0.443. The number of nitrogens with zero attached hydrogens (tertiary/aromatic N) is 3. The van der Waals surface area contributed by atoms with Crippen LogP contribution < -0.4 is 0 Å². The maximum Gasteiger partial charge on any atom is 0.410 e. The van der Waals surface area contributed by atoms with E-state index in [1.165, 1.54) is 4.90 Å². The van der Waals surface area contributed by atoms with Gasteiger partial charge in [0.2, 0.25) is 11.8 Å². The van der Waals surface area contributed by atoms with Gasteiger partial charge in [-0.15, -0.1) is 0 Å². The van der Waals surface area contributed by atoms with Crippen molar-refractivity contribution in [3.63, 3.8) is 0 Å². The molecule has 2 saturated heterocycles. The van der Waals surface area contributed by atoms with Gasteiger partial charge in [0, 0.05) is 32.1 Å².